The molecule has 1 aromatic heterocycles. The van der Waals surface area contributed by atoms with E-state index >= 15 is 0 Å². The van der Waals surface area contributed by atoms with Crippen LogP contribution in [-0.2, 0) is 11.2 Å². The van der Waals surface area contributed by atoms with Gasteiger partial charge in [0.25, 0.3) is 0 Å². The molecule has 3 N–H and O–H groups in total. The number of hydrogen-bond acceptors (Lipinski definition) is 4. The zero-order valence-corrected chi connectivity index (χ0v) is 15.9. The van der Waals surface area contributed by atoms with Crippen molar-refractivity contribution in [3.63, 3.8) is 0 Å². The van der Waals surface area contributed by atoms with Crippen LogP contribution in [0.3, 0.4) is 0 Å². The summed E-state index contributed by atoms with van der Waals surface area (Å²) >= 11 is 12.0. The highest BCUT2D eigenvalue weighted by atomic mass is 35.5. The van der Waals surface area contributed by atoms with Gasteiger partial charge in [-0.3, -0.25) is 4.79 Å². The summed E-state index contributed by atoms with van der Waals surface area (Å²) in [6, 6.07) is 5.15. The largest absolute Gasteiger partial charge is 0.441 e. The van der Waals surface area contributed by atoms with Crippen LogP contribution in [0.4, 0.5) is 0 Å². The fraction of sp³-hybridized carbons (Fsp3) is 0.333. The zero-order chi connectivity index (χ0) is 15.9. The van der Waals surface area contributed by atoms with E-state index in [1.165, 1.54) is 0 Å². The maximum atomic E-state index is 11.6. The third kappa shape index (κ3) is 6.87. The Bertz CT molecular complexity index is 649. The summed E-state index contributed by atoms with van der Waals surface area (Å²) in [7, 11) is 0. The van der Waals surface area contributed by atoms with E-state index in [1.807, 2.05) is 0 Å². The monoisotopic (exact) mass is 413 g/mol. The van der Waals surface area contributed by atoms with Crippen LogP contribution in [0.2, 0.25) is 10.0 Å². The van der Waals surface area contributed by atoms with E-state index in [4.69, 9.17) is 33.4 Å². The van der Waals surface area contributed by atoms with E-state index in [0.717, 1.165) is 12.0 Å². The highest BCUT2D eigenvalue weighted by Gasteiger charge is 2.11. The molecule has 0 saturated heterocycles. The Morgan fingerprint density at radius 3 is 2.71 bits per heavy atom. The SMILES string of the molecule is Cl.Cl.NCCCNC(=O)CCc1ncc(-c2ccc(Cl)cc2Cl)o1. The highest BCUT2D eigenvalue weighted by Crippen LogP contribution is 2.30. The molecule has 0 aliphatic heterocycles. The number of oxazole rings is 1. The average molecular weight is 415 g/mol. The van der Waals surface area contributed by atoms with Crippen LogP contribution in [-0.4, -0.2) is 24.0 Å². The molecule has 0 unspecified atom stereocenters. The van der Waals surface area contributed by atoms with Gasteiger partial charge in [0.1, 0.15) is 0 Å². The van der Waals surface area contributed by atoms with Gasteiger partial charge in [-0.2, -0.15) is 0 Å². The Labute approximate surface area is 163 Å². The van der Waals surface area contributed by atoms with E-state index in [-0.39, 0.29) is 30.7 Å². The van der Waals surface area contributed by atoms with Gasteiger partial charge in [-0.15, -0.1) is 24.8 Å². The van der Waals surface area contributed by atoms with Crippen molar-refractivity contribution in [2.75, 3.05) is 13.1 Å². The van der Waals surface area contributed by atoms with Crippen LogP contribution in [0.25, 0.3) is 11.3 Å². The van der Waals surface area contributed by atoms with Gasteiger partial charge in [-0.25, -0.2) is 4.98 Å². The number of nitrogens with two attached hydrogens (primary N) is 1. The molecule has 0 atom stereocenters. The number of nitrogens with zero attached hydrogens (tertiary/aromatic N) is 1. The van der Waals surface area contributed by atoms with Crippen molar-refractivity contribution >= 4 is 53.9 Å². The molecular weight excluding hydrogens is 396 g/mol. The molecule has 0 spiro atoms. The molecule has 0 saturated carbocycles. The van der Waals surface area contributed by atoms with Crippen LogP contribution >= 0.6 is 48.0 Å². The van der Waals surface area contributed by atoms with E-state index in [1.54, 1.807) is 24.4 Å². The highest BCUT2D eigenvalue weighted by molar-refractivity contribution is 6.36. The van der Waals surface area contributed by atoms with E-state index in [9.17, 15) is 4.79 Å². The molecule has 0 aliphatic rings. The first-order valence-corrected chi connectivity index (χ1v) is 7.72. The number of nitrogens with one attached hydrogen (secondary N) is 1. The summed E-state index contributed by atoms with van der Waals surface area (Å²) in [6.45, 7) is 1.15. The van der Waals surface area contributed by atoms with Crippen molar-refractivity contribution in [1.29, 1.82) is 0 Å². The molecule has 1 aromatic carbocycles. The lowest BCUT2D eigenvalue weighted by Crippen LogP contribution is -2.26. The number of rotatable bonds is 7. The topological polar surface area (TPSA) is 81.1 Å². The first kappa shape index (κ1) is 23.0. The van der Waals surface area contributed by atoms with Gasteiger partial charge in [0.15, 0.2) is 11.7 Å². The summed E-state index contributed by atoms with van der Waals surface area (Å²) in [4.78, 5) is 15.8. The Balaban J connectivity index is 0.00000264. The Hall–Kier alpha value is -0.980. The molecule has 2 rings (SSSR count). The summed E-state index contributed by atoms with van der Waals surface area (Å²) in [5, 5.41) is 3.84. The standard InChI is InChI=1S/C15H17Cl2N3O2.2ClH/c16-10-2-3-11(12(17)8-10)13-9-20-15(22-13)5-4-14(21)19-7-1-6-18;;/h2-3,8-9H,1,4-7,18H2,(H,19,21);2*1H. The summed E-state index contributed by atoms with van der Waals surface area (Å²) in [5.74, 6) is 1.01. The minimum absolute atomic E-state index is 0. The number of hydrogen-bond donors (Lipinski definition) is 2. The van der Waals surface area contributed by atoms with Gasteiger partial charge < -0.3 is 15.5 Å². The summed E-state index contributed by atoms with van der Waals surface area (Å²) in [6.07, 6.45) is 3.11. The molecule has 1 heterocycles. The first-order chi connectivity index (χ1) is 10.6. The van der Waals surface area contributed by atoms with Crippen LogP contribution in [0.5, 0.6) is 0 Å². The second-order valence-corrected chi connectivity index (χ2v) is 5.58. The van der Waals surface area contributed by atoms with Crippen molar-refractivity contribution in [3.8, 4) is 11.3 Å². The zero-order valence-electron chi connectivity index (χ0n) is 12.8. The quantitative estimate of drug-likeness (QED) is 0.673. The lowest BCUT2D eigenvalue weighted by Gasteiger charge is -2.02. The number of halogens is 4. The van der Waals surface area contributed by atoms with E-state index in [0.29, 0.717) is 47.6 Å². The second-order valence-electron chi connectivity index (χ2n) is 4.73. The maximum Gasteiger partial charge on any atom is 0.220 e. The van der Waals surface area contributed by atoms with E-state index < -0.39 is 0 Å². The molecular formula is C15H19Cl4N3O2. The molecule has 2 aromatic rings. The first-order valence-electron chi connectivity index (χ1n) is 6.97. The number of aromatic nitrogens is 1. The molecule has 134 valence electrons. The average Bonchev–Trinajstić information content (AvgIpc) is 2.94. The van der Waals surface area contributed by atoms with Crippen LogP contribution < -0.4 is 11.1 Å². The van der Waals surface area contributed by atoms with Gasteiger partial charge >= 0.3 is 0 Å². The van der Waals surface area contributed by atoms with Crippen molar-refractivity contribution in [2.24, 2.45) is 5.73 Å². The predicted octanol–water partition coefficient (Wildman–Crippen LogP) is 3.89. The van der Waals surface area contributed by atoms with Gasteiger partial charge in [0.05, 0.1) is 11.2 Å². The second kappa shape index (κ2) is 11.6. The lowest BCUT2D eigenvalue weighted by molar-refractivity contribution is -0.121. The smallest absolute Gasteiger partial charge is 0.220 e. The normalized spacial score (nSPS) is 9.79. The number of benzene rings is 1. The van der Waals surface area contributed by atoms with Gasteiger partial charge in [0, 0.05) is 30.0 Å². The summed E-state index contributed by atoms with van der Waals surface area (Å²) < 4.78 is 5.63. The van der Waals surface area contributed by atoms with Crippen LogP contribution in [0.1, 0.15) is 18.7 Å². The van der Waals surface area contributed by atoms with Crippen molar-refractivity contribution in [2.45, 2.75) is 19.3 Å². The molecule has 0 aliphatic carbocycles. The van der Waals surface area contributed by atoms with Crippen LogP contribution in [0.15, 0.2) is 28.8 Å². The summed E-state index contributed by atoms with van der Waals surface area (Å²) in [5.41, 5.74) is 6.08. The van der Waals surface area contributed by atoms with Gasteiger partial charge in [-0.05, 0) is 31.2 Å². The molecule has 0 fully saturated rings. The van der Waals surface area contributed by atoms with Crippen LogP contribution in [0, 0.1) is 0 Å². The number of carbonyl (C=O) groups is 1. The third-order valence-electron chi connectivity index (χ3n) is 3.02. The molecule has 0 radical (unpaired) electrons. The maximum absolute atomic E-state index is 11.6. The Morgan fingerprint density at radius 1 is 1.29 bits per heavy atom. The number of carbonyl (C=O) groups excluding carboxylic acids is 1. The predicted molar refractivity (Wildman–Crippen MR) is 101 cm³/mol. The van der Waals surface area contributed by atoms with Crippen molar-refractivity contribution in [1.82, 2.24) is 10.3 Å². The Kier molecular flexibility index (Phi) is 11.1. The minimum atomic E-state index is -0.0438. The number of amides is 1. The molecule has 24 heavy (non-hydrogen) atoms. The van der Waals surface area contributed by atoms with Gasteiger partial charge in [0.2, 0.25) is 5.91 Å². The number of aryl methyl sites for hydroxylation is 1. The lowest BCUT2D eigenvalue weighted by atomic mass is 10.2. The fourth-order valence-electron chi connectivity index (χ4n) is 1.88. The van der Waals surface area contributed by atoms with Crippen molar-refractivity contribution in [3.05, 3.63) is 40.3 Å². The molecule has 5 nitrogen and oxygen atoms in total. The third-order valence-corrected chi connectivity index (χ3v) is 3.57. The Morgan fingerprint density at radius 2 is 2.04 bits per heavy atom. The minimum Gasteiger partial charge on any atom is -0.441 e. The molecule has 1 amide bonds. The fourth-order valence-corrected chi connectivity index (χ4v) is 2.38. The van der Waals surface area contributed by atoms with Crippen molar-refractivity contribution < 1.29 is 9.21 Å². The molecule has 0 bridgehead atoms. The van der Waals surface area contributed by atoms with Gasteiger partial charge in [-0.1, -0.05) is 23.2 Å². The molecule has 9 heteroatoms. The van der Waals surface area contributed by atoms with E-state index in [2.05, 4.69) is 10.3 Å².